The number of nitrogens with one attached hydrogen (secondary N) is 1. The van der Waals surface area contributed by atoms with Crippen molar-refractivity contribution in [1.82, 2.24) is 24.2 Å². The van der Waals surface area contributed by atoms with Crippen molar-refractivity contribution in [3.05, 3.63) is 47.0 Å². The minimum Gasteiger partial charge on any atom is -0.444 e. The molecule has 5 heterocycles. The van der Waals surface area contributed by atoms with E-state index in [0.29, 0.717) is 24.2 Å². The van der Waals surface area contributed by atoms with E-state index in [1.54, 1.807) is 17.2 Å². The van der Waals surface area contributed by atoms with Crippen LogP contribution < -0.4 is 10.2 Å². The summed E-state index contributed by atoms with van der Waals surface area (Å²) >= 11 is 0. The van der Waals surface area contributed by atoms with Gasteiger partial charge in [0.15, 0.2) is 5.82 Å². The number of anilines is 3. The Morgan fingerprint density at radius 1 is 1.10 bits per heavy atom. The molecular formula is C28H34FN7O4S. The number of hydrogen-bond donors (Lipinski definition) is 1. The topological polar surface area (TPSA) is 121 Å². The molecule has 3 aliphatic heterocycles. The lowest BCUT2D eigenvalue weighted by Gasteiger charge is -2.48. The highest BCUT2D eigenvalue weighted by Crippen LogP contribution is 2.43. The number of hydrogen-bond acceptors (Lipinski definition) is 9. The highest BCUT2D eigenvalue weighted by atomic mass is 32.2. The third-order valence-corrected chi connectivity index (χ3v) is 9.01. The molecule has 1 N–H and O–H groups in total. The molecule has 1 aromatic carbocycles. The molecule has 2 saturated heterocycles. The van der Waals surface area contributed by atoms with Crippen molar-refractivity contribution in [3.63, 3.8) is 0 Å². The third-order valence-electron chi connectivity index (χ3n) is 7.82. The van der Waals surface area contributed by atoms with E-state index in [-0.39, 0.29) is 36.2 Å². The van der Waals surface area contributed by atoms with Crippen LogP contribution in [0.4, 0.5) is 26.6 Å². The fourth-order valence-corrected chi connectivity index (χ4v) is 6.61. The molecule has 0 saturated carbocycles. The third kappa shape index (κ3) is 5.40. The number of nitrogens with zero attached hydrogens (tertiary/aromatic N) is 6. The van der Waals surface area contributed by atoms with Gasteiger partial charge in [-0.25, -0.2) is 32.6 Å². The summed E-state index contributed by atoms with van der Waals surface area (Å²) in [4.78, 5) is 30.5. The van der Waals surface area contributed by atoms with Crippen molar-refractivity contribution >= 4 is 44.5 Å². The number of amides is 1. The van der Waals surface area contributed by atoms with E-state index in [2.05, 4.69) is 15.2 Å². The summed E-state index contributed by atoms with van der Waals surface area (Å²) in [5.74, 6) is 0.434. The van der Waals surface area contributed by atoms with Gasteiger partial charge >= 0.3 is 6.09 Å². The zero-order chi connectivity index (χ0) is 29.3. The van der Waals surface area contributed by atoms with Crippen LogP contribution in [0.3, 0.4) is 0 Å². The van der Waals surface area contributed by atoms with Crippen LogP contribution in [-0.2, 0) is 27.8 Å². The Labute approximate surface area is 238 Å². The van der Waals surface area contributed by atoms with E-state index in [4.69, 9.17) is 14.7 Å². The van der Waals surface area contributed by atoms with Crippen molar-refractivity contribution in [2.45, 2.75) is 52.8 Å². The molecule has 13 heteroatoms. The van der Waals surface area contributed by atoms with Crippen molar-refractivity contribution < 1.29 is 22.3 Å². The maximum Gasteiger partial charge on any atom is 0.410 e. The molecule has 0 radical (unpaired) electrons. The van der Waals surface area contributed by atoms with Crippen LogP contribution in [0.2, 0.25) is 0 Å². The lowest BCUT2D eigenvalue weighted by atomic mass is 9.79. The molecule has 3 aliphatic rings. The van der Waals surface area contributed by atoms with Gasteiger partial charge in [0.2, 0.25) is 16.0 Å². The Morgan fingerprint density at radius 3 is 2.49 bits per heavy atom. The van der Waals surface area contributed by atoms with Gasteiger partial charge in [-0.05, 0) is 63.4 Å². The van der Waals surface area contributed by atoms with Crippen LogP contribution in [0.1, 0.15) is 44.0 Å². The van der Waals surface area contributed by atoms with Gasteiger partial charge < -0.3 is 19.9 Å². The monoisotopic (exact) mass is 583 g/mol. The van der Waals surface area contributed by atoms with E-state index in [0.717, 1.165) is 48.2 Å². The van der Waals surface area contributed by atoms with E-state index < -0.39 is 21.4 Å². The van der Waals surface area contributed by atoms with E-state index in [1.807, 2.05) is 33.8 Å². The average Bonchev–Trinajstić information content (AvgIpc) is 3.47. The second-order valence-electron chi connectivity index (χ2n) is 12.5. The van der Waals surface area contributed by atoms with Gasteiger partial charge in [0, 0.05) is 62.0 Å². The van der Waals surface area contributed by atoms with Crippen LogP contribution in [0.5, 0.6) is 0 Å². The molecule has 0 atom stereocenters. The second kappa shape index (κ2) is 9.48. The summed E-state index contributed by atoms with van der Waals surface area (Å²) in [6.45, 7) is 10.6. The number of fused-ring (bicyclic) bond motifs is 2. The minimum absolute atomic E-state index is 0.0177. The molecule has 0 bridgehead atoms. The average molecular weight is 584 g/mol. The van der Waals surface area contributed by atoms with Crippen LogP contribution in [0, 0.1) is 18.2 Å². The fraction of sp³-hybridized carbons (Fsp3) is 0.500. The number of aromatic nitrogens is 3. The SMILES string of the molecule is Cc1cc2cnc(Nc3cc4c(cc3F)CN(S(C)(=O)=O)C4)nc2c(N2CC3(CCN(C(=O)OC(C)(C)C)C3)C2)n1. The molecule has 0 aliphatic carbocycles. The number of carbonyl (C=O) groups excluding carboxylic acids is 1. The minimum atomic E-state index is -3.39. The summed E-state index contributed by atoms with van der Waals surface area (Å²) in [5.41, 5.74) is 2.49. The van der Waals surface area contributed by atoms with Crippen molar-refractivity contribution in [2.24, 2.45) is 5.41 Å². The Morgan fingerprint density at radius 2 is 1.80 bits per heavy atom. The predicted octanol–water partition coefficient (Wildman–Crippen LogP) is 3.94. The number of ether oxygens (including phenoxy) is 1. The quantitative estimate of drug-likeness (QED) is 0.487. The molecule has 3 aromatic rings. The maximum atomic E-state index is 15.0. The van der Waals surface area contributed by atoms with Crippen LogP contribution in [0.25, 0.3) is 10.9 Å². The first-order valence-electron chi connectivity index (χ1n) is 13.6. The second-order valence-corrected chi connectivity index (χ2v) is 14.5. The van der Waals surface area contributed by atoms with Gasteiger partial charge in [0.1, 0.15) is 16.9 Å². The van der Waals surface area contributed by atoms with Crippen molar-refractivity contribution in [2.75, 3.05) is 42.7 Å². The highest BCUT2D eigenvalue weighted by Gasteiger charge is 2.50. The van der Waals surface area contributed by atoms with Crippen LogP contribution in [0.15, 0.2) is 24.4 Å². The number of pyridine rings is 1. The largest absolute Gasteiger partial charge is 0.444 e. The number of benzene rings is 1. The van der Waals surface area contributed by atoms with Gasteiger partial charge in [0.05, 0.1) is 11.9 Å². The molecule has 0 unspecified atom stereocenters. The van der Waals surface area contributed by atoms with E-state index >= 15 is 0 Å². The smallest absolute Gasteiger partial charge is 0.410 e. The normalized spacial score (nSPS) is 18.6. The van der Waals surface area contributed by atoms with E-state index in [9.17, 15) is 17.6 Å². The van der Waals surface area contributed by atoms with Crippen LogP contribution in [-0.4, -0.2) is 76.7 Å². The molecule has 218 valence electrons. The van der Waals surface area contributed by atoms with Crippen LogP contribution >= 0.6 is 0 Å². The molecule has 1 spiro atoms. The van der Waals surface area contributed by atoms with E-state index in [1.165, 1.54) is 10.4 Å². The summed E-state index contributed by atoms with van der Waals surface area (Å²) in [6.07, 6.45) is 3.45. The Balaban J connectivity index is 1.21. The first kappa shape index (κ1) is 27.6. The zero-order valence-corrected chi connectivity index (χ0v) is 24.7. The predicted molar refractivity (Wildman–Crippen MR) is 153 cm³/mol. The molecule has 2 aromatic heterocycles. The number of sulfonamides is 1. The highest BCUT2D eigenvalue weighted by molar-refractivity contribution is 7.88. The maximum absolute atomic E-state index is 15.0. The molecule has 6 rings (SSSR count). The Kier molecular flexibility index (Phi) is 6.38. The first-order chi connectivity index (χ1) is 19.2. The summed E-state index contributed by atoms with van der Waals surface area (Å²) < 4.78 is 45.8. The van der Waals surface area contributed by atoms with Gasteiger partial charge in [-0.3, -0.25) is 0 Å². The molecule has 1 amide bonds. The van der Waals surface area contributed by atoms with Crippen molar-refractivity contribution in [3.8, 4) is 0 Å². The van der Waals surface area contributed by atoms with Gasteiger partial charge in [-0.2, -0.15) is 4.31 Å². The fourth-order valence-electron chi connectivity index (χ4n) is 5.86. The molecular weight excluding hydrogens is 549 g/mol. The molecule has 2 fully saturated rings. The lowest BCUT2D eigenvalue weighted by Crippen LogP contribution is -2.58. The zero-order valence-electron chi connectivity index (χ0n) is 23.9. The number of likely N-dealkylation sites (tertiary alicyclic amines) is 1. The molecule has 11 nitrogen and oxygen atoms in total. The summed E-state index contributed by atoms with van der Waals surface area (Å²) in [6, 6.07) is 4.89. The number of halogens is 1. The Bertz CT molecular complexity index is 1670. The number of aryl methyl sites for hydroxylation is 1. The standard InChI is InChI=1S/C28H34FN7O4S/c1-17-8-18-11-30-25(32-22-10-20-13-36(41(5,38)39)12-19(20)9-21(22)29)33-23(18)24(31-17)35-15-28(16-35)6-7-34(14-28)26(37)40-27(2,3)4/h8-11H,6-7,12-16H2,1-5H3,(H,30,32,33). The van der Waals surface area contributed by atoms with Crippen molar-refractivity contribution in [1.29, 1.82) is 0 Å². The lowest BCUT2D eigenvalue weighted by molar-refractivity contribution is 0.0265. The number of carbonyl (C=O) groups is 1. The van der Waals surface area contributed by atoms with Gasteiger partial charge in [-0.1, -0.05) is 0 Å². The Hall–Kier alpha value is -3.58. The first-order valence-corrected chi connectivity index (χ1v) is 15.4. The van der Waals surface area contributed by atoms with Gasteiger partial charge in [-0.15, -0.1) is 0 Å². The van der Waals surface area contributed by atoms with Gasteiger partial charge in [0.25, 0.3) is 0 Å². The number of rotatable bonds is 4. The molecule has 41 heavy (non-hydrogen) atoms. The summed E-state index contributed by atoms with van der Waals surface area (Å²) in [5, 5.41) is 3.80. The summed E-state index contributed by atoms with van der Waals surface area (Å²) in [7, 11) is -3.39.